The molecule has 0 aliphatic carbocycles. The summed E-state index contributed by atoms with van der Waals surface area (Å²) in [5, 5.41) is 0.670. The van der Waals surface area contributed by atoms with Crippen LogP contribution >= 0.6 is 11.6 Å². The quantitative estimate of drug-likeness (QED) is 0.865. The topological polar surface area (TPSA) is 34.0 Å². The molecule has 0 bridgehead atoms. The predicted octanol–water partition coefficient (Wildman–Crippen LogP) is 2.81. The number of aromatic nitrogens is 3. The van der Waals surface area contributed by atoms with Gasteiger partial charge in [0.05, 0.1) is 17.3 Å². The third kappa shape index (κ3) is 2.87. The monoisotopic (exact) mass is 282 g/mol. The molecular weight excluding hydrogens is 267 g/mol. The molecule has 0 fully saturated rings. The molecule has 4 nitrogen and oxygen atoms in total. The summed E-state index contributed by atoms with van der Waals surface area (Å²) in [4.78, 5) is 9.70. The third-order valence-corrected chi connectivity index (χ3v) is 3.22. The van der Waals surface area contributed by atoms with Crippen molar-refractivity contribution >= 4 is 17.4 Å². The molecule has 0 atom stereocenters. The Kier molecular flexibility index (Phi) is 4.04. The lowest BCUT2D eigenvalue weighted by Crippen LogP contribution is -2.21. The van der Waals surface area contributed by atoms with E-state index in [1.54, 1.807) is 11.9 Å². The first-order chi connectivity index (χ1) is 9.02. The average Bonchev–Trinajstić information content (AvgIpc) is 2.68. The molecule has 19 heavy (non-hydrogen) atoms. The molecule has 0 N–H and O–H groups in total. The zero-order chi connectivity index (χ0) is 14.0. The van der Waals surface area contributed by atoms with E-state index >= 15 is 0 Å². The van der Waals surface area contributed by atoms with Gasteiger partial charge in [0.15, 0.2) is 11.6 Å². The zero-order valence-electron chi connectivity index (χ0n) is 11.2. The first kappa shape index (κ1) is 13.8. The molecule has 2 heterocycles. The van der Waals surface area contributed by atoms with Crippen LogP contribution in [0.2, 0.25) is 5.02 Å². The van der Waals surface area contributed by atoms with Crippen molar-refractivity contribution in [3.8, 4) is 0 Å². The Labute approximate surface area is 116 Å². The van der Waals surface area contributed by atoms with Gasteiger partial charge in [-0.1, -0.05) is 18.5 Å². The predicted molar refractivity (Wildman–Crippen MR) is 73.9 cm³/mol. The maximum Gasteiger partial charge on any atom is 0.187 e. The summed E-state index contributed by atoms with van der Waals surface area (Å²) in [5.41, 5.74) is 1.42. The number of anilines is 1. The molecule has 0 aromatic carbocycles. The van der Waals surface area contributed by atoms with Crippen molar-refractivity contribution in [2.75, 3.05) is 11.9 Å². The third-order valence-electron chi connectivity index (χ3n) is 3.01. The van der Waals surface area contributed by atoms with Crippen LogP contribution in [0.25, 0.3) is 0 Å². The van der Waals surface area contributed by atoms with Crippen molar-refractivity contribution in [1.29, 1.82) is 0 Å². The van der Waals surface area contributed by atoms with Crippen LogP contribution in [0.3, 0.4) is 0 Å². The summed E-state index contributed by atoms with van der Waals surface area (Å²) in [5.74, 6) is -0.0445. The lowest BCUT2D eigenvalue weighted by atomic mass is 10.3. The molecule has 6 heteroatoms. The molecular formula is C13H16ClFN4. The Bertz CT molecular complexity index is 582. The van der Waals surface area contributed by atoms with Gasteiger partial charge in [0.2, 0.25) is 0 Å². The van der Waals surface area contributed by atoms with Gasteiger partial charge in [-0.2, -0.15) is 0 Å². The van der Waals surface area contributed by atoms with Gasteiger partial charge < -0.3 is 9.47 Å². The maximum atomic E-state index is 14.1. The molecule has 0 saturated carbocycles. The van der Waals surface area contributed by atoms with Crippen LogP contribution in [0, 0.1) is 5.82 Å². The van der Waals surface area contributed by atoms with Crippen molar-refractivity contribution < 1.29 is 4.39 Å². The number of nitrogens with zero attached hydrogens (tertiary/aromatic N) is 4. The molecule has 0 amide bonds. The normalized spacial score (nSPS) is 10.8. The number of hydrogen-bond donors (Lipinski definition) is 0. The zero-order valence-corrected chi connectivity index (χ0v) is 11.9. The Hall–Kier alpha value is -1.62. The van der Waals surface area contributed by atoms with E-state index in [1.807, 2.05) is 30.8 Å². The van der Waals surface area contributed by atoms with Crippen LogP contribution in [0.1, 0.15) is 18.3 Å². The number of halogens is 2. The minimum absolute atomic E-state index is 0.309. The highest BCUT2D eigenvalue weighted by atomic mass is 35.5. The van der Waals surface area contributed by atoms with Crippen LogP contribution in [0.4, 0.5) is 10.2 Å². The van der Waals surface area contributed by atoms with Gasteiger partial charge in [0.25, 0.3) is 0 Å². The molecule has 0 spiro atoms. The summed E-state index contributed by atoms with van der Waals surface area (Å²) in [7, 11) is 3.70. The minimum atomic E-state index is -0.354. The second-order valence-electron chi connectivity index (χ2n) is 4.43. The summed E-state index contributed by atoms with van der Waals surface area (Å²) in [6, 6.07) is 1.86. The van der Waals surface area contributed by atoms with Gasteiger partial charge in [0.1, 0.15) is 6.33 Å². The van der Waals surface area contributed by atoms with Gasteiger partial charge >= 0.3 is 0 Å². The lowest BCUT2D eigenvalue weighted by Gasteiger charge is -2.19. The van der Waals surface area contributed by atoms with E-state index in [-0.39, 0.29) is 5.82 Å². The molecule has 0 aliphatic heterocycles. The van der Waals surface area contributed by atoms with Crippen molar-refractivity contribution in [2.45, 2.75) is 19.9 Å². The van der Waals surface area contributed by atoms with Gasteiger partial charge in [-0.3, -0.25) is 0 Å². The van der Waals surface area contributed by atoms with Crippen molar-refractivity contribution in [3.05, 3.63) is 40.8 Å². The summed E-state index contributed by atoms with van der Waals surface area (Å²) < 4.78 is 16.0. The number of hydrogen-bond acceptors (Lipinski definition) is 3. The molecule has 0 unspecified atom stereocenters. The average molecular weight is 283 g/mol. The second kappa shape index (κ2) is 5.57. The summed E-state index contributed by atoms with van der Waals surface area (Å²) in [6.07, 6.45) is 3.76. The molecule has 0 saturated heterocycles. The number of rotatable bonds is 4. The van der Waals surface area contributed by atoms with E-state index in [1.165, 1.54) is 6.33 Å². The van der Waals surface area contributed by atoms with E-state index in [0.29, 0.717) is 29.5 Å². The van der Waals surface area contributed by atoms with Crippen LogP contribution in [0.15, 0.2) is 18.6 Å². The summed E-state index contributed by atoms with van der Waals surface area (Å²) >= 11 is 5.94. The maximum absolute atomic E-state index is 14.1. The van der Waals surface area contributed by atoms with Gasteiger partial charge in [-0.25, -0.2) is 14.4 Å². The summed E-state index contributed by atoms with van der Waals surface area (Å²) in [6.45, 7) is 2.40. The first-order valence-electron chi connectivity index (χ1n) is 6.04. The molecule has 0 radical (unpaired) electrons. The Morgan fingerprint density at radius 1 is 1.42 bits per heavy atom. The molecule has 2 rings (SSSR count). The Morgan fingerprint density at radius 3 is 2.74 bits per heavy atom. The Morgan fingerprint density at radius 2 is 2.16 bits per heavy atom. The van der Waals surface area contributed by atoms with Crippen molar-refractivity contribution in [3.63, 3.8) is 0 Å². The van der Waals surface area contributed by atoms with E-state index in [2.05, 4.69) is 9.97 Å². The fraction of sp³-hybridized carbons (Fsp3) is 0.385. The lowest BCUT2D eigenvalue weighted by molar-refractivity contribution is 0.586. The van der Waals surface area contributed by atoms with Crippen molar-refractivity contribution in [2.24, 2.45) is 7.05 Å². The van der Waals surface area contributed by atoms with E-state index in [0.717, 1.165) is 5.69 Å². The van der Waals surface area contributed by atoms with Crippen LogP contribution in [-0.4, -0.2) is 21.6 Å². The Balaban J connectivity index is 2.25. The number of aryl methyl sites for hydroxylation is 2. The fourth-order valence-corrected chi connectivity index (χ4v) is 2.22. The first-order valence-corrected chi connectivity index (χ1v) is 6.42. The largest absolute Gasteiger partial charge is 0.351 e. The molecule has 0 aliphatic rings. The van der Waals surface area contributed by atoms with E-state index in [9.17, 15) is 4.39 Å². The van der Waals surface area contributed by atoms with Crippen molar-refractivity contribution in [1.82, 2.24) is 14.5 Å². The van der Waals surface area contributed by atoms with Crippen LogP contribution in [-0.2, 0) is 20.0 Å². The minimum Gasteiger partial charge on any atom is -0.351 e. The highest BCUT2D eigenvalue weighted by Gasteiger charge is 2.15. The van der Waals surface area contributed by atoms with Gasteiger partial charge in [-0.05, 0) is 12.5 Å². The standard InChI is InChI=1S/C13H16ClFN4/c1-4-11-12(15)13(17-8-16-11)19(3)7-10-5-9(14)6-18(10)2/h5-6,8H,4,7H2,1-3H3. The van der Waals surface area contributed by atoms with E-state index < -0.39 is 0 Å². The molecule has 102 valence electrons. The molecule has 2 aromatic rings. The molecule has 2 aromatic heterocycles. The van der Waals surface area contributed by atoms with E-state index in [4.69, 9.17) is 11.6 Å². The fourth-order valence-electron chi connectivity index (χ4n) is 1.95. The SMILES string of the molecule is CCc1ncnc(N(C)Cc2cc(Cl)cn2C)c1F. The smallest absolute Gasteiger partial charge is 0.187 e. The highest BCUT2D eigenvalue weighted by molar-refractivity contribution is 6.30. The van der Waals surface area contributed by atoms with Crippen LogP contribution in [0.5, 0.6) is 0 Å². The highest BCUT2D eigenvalue weighted by Crippen LogP contribution is 2.20. The second-order valence-corrected chi connectivity index (χ2v) is 4.86. The van der Waals surface area contributed by atoms with Crippen LogP contribution < -0.4 is 4.90 Å². The van der Waals surface area contributed by atoms with Gasteiger partial charge in [-0.15, -0.1) is 0 Å². The van der Waals surface area contributed by atoms with Gasteiger partial charge in [0, 0.05) is 26.0 Å².